The Morgan fingerprint density at radius 2 is 1.50 bits per heavy atom. The van der Waals surface area contributed by atoms with Gasteiger partial charge in [-0.2, -0.15) is 0 Å². The molecular formula is C26H20N6O4. The van der Waals surface area contributed by atoms with E-state index in [1.165, 1.54) is 16.7 Å². The molecule has 178 valence electrons. The SMILES string of the molecule is O=C(NNC(=O)c1ccc(Cn2ccccc2=O)o1)c1nc(-c2ccccc2)n(-c2ccccc2)n1. The third kappa shape index (κ3) is 4.82. The second-order valence-corrected chi connectivity index (χ2v) is 7.71. The van der Waals surface area contributed by atoms with E-state index in [0.717, 1.165) is 11.3 Å². The van der Waals surface area contributed by atoms with Gasteiger partial charge in [0.25, 0.3) is 5.56 Å². The maximum atomic E-state index is 12.8. The van der Waals surface area contributed by atoms with Crippen LogP contribution in [0.1, 0.15) is 26.9 Å². The summed E-state index contributed by atoms with van der Waals surface area (Å²) in [6.45, 7) is 0.169. The molecular weight excluding hydrogens is 460 g/mol. The first kappa shape index (κ1) is 22.5. The van der Waals surface area contributed by atoms with Crippen molar-refractivity contribution in [2.45, 2.75) is 6.54 Å². The summed E-state index contributed by atoms with van der Waals surface area (Å²) in [5, 5.41) is 4.35. The maximum absolute atomic E-state index is 12.8. The Hall–Kier alpha value is -5.25. The number of rotatable bonds is 6. The maximum Gasteiger partial charge on any atom is 0.309 e. The second kappa shape index (κ2) is 9.94. The molecule has 0 spiro atoms. The van der Waals surface area contributed by atoms with Gasteiger partial charge in [-0.25, -0.2) is 9.67 Å². The van der Waals surface area contributed by atoms with Gasteiger partial charge in [-0.05, 0) is 30.3 Å². The molecule has 0 aliphatic heterocycles. The molecule has 5 aromatic rings. The van der Waals surface area contributed by atoms with Crippen LogP contribution in [0.15, 0.2) is 106 Å². The van der Waals surface area contributed by atoms with E-state index in [9.17, 15) is 14.4 Å². The molecule has 0 bridgehead atoms. The van der Waals surface area contributed by atoms with Gasteiger partial charge in [0, 0.05) is 17.8 Å². The monoisotopic (exact) mass is 480 g/mol. The Bertz CT molecular complexity index is 1510. The molecule has 3 heterocycles. The van der Waals surface area contributed by atoms with Gasteiger partial charge in [-0.1, -0.05) is 54.6 Å². The number of aromatic nitrogens is 4. The van der Waals surface area contributed by atoms with Crippen LogP contribution >= 0.6 is 0 Å². The van der Waals surface area contributed by atoms with E-state index in [-0.39, 0.29) is 23.7 Å². The Balaban J connectivity index is 1.30. The molecule has 5 rings (SSSR count). The number of pyridine rings is 1. The first-order valence-electron chi connectivity index (χ1n) is 11.0. The fraction of sp³-hybridized carbons (Fsp3) is 0.0385. The Kier molecular flexibility index (Phi) is 6.22. The minimum Gasteiger partial charge on any atom is -0.454 e. The van der Waals surface area contributed by atoms with Gasteiger partial charge in [0.05, 0.1) is 12.2 Å². The number of nitrogens with one attached hydrogen (secondary N) is 2. The zero-order chi connectivity index (χ0) is 24.9. The van der Waals surface area contributed by atoms with Crippen LogP contribution in [0.2, 0.25) is 0 Å². The summed E-state index contributed by atoms with van der Waals surface area (Å²) in [6, 6.07) is 26.5. The lowest BCUT2D eigenvalue weighted by Crippen LogP contribution is -2.42. The van der Waals surface area contributed by atoms with Gasteiger partial charge in [-0.15, -0.1) is 5.10 Å². The summed E-state index contributed by atoms with van der Waals surface area (Å²) < 4.78 is 8.53. The van der Waals surface area contributed by atoms with Crippen LogP contribution in [0.25, 0.3) is 17.1 Å². The standard InChI is InChI=1S/C26H20N6O4/c33-22-13-7-8-16-31(22)17-20-14-15-21(36-20)25(34)28-29-26(35)23-27-24(18-9-3-1-4-10-18)32(30-23)19-11-5-2-6-12-19/h1-16H,17H2,(H,28,34)(H,29,35). The van der Waals surface area contributed by atoms with Gasteiger partial charge in [0.1, 0.15) is 5.76 Å². The van der Waals surface area contributed by atoms with Gasteiger partial charge in [-0.3, -0.25) is 25.2 Å². The van der Waals surface area contributed by atoms with Crippen molar-refractivity contribution in [2.75, 3.05) is 0 Å². The molecule has 0 fully saturated rings. The van der Waals surface area contributed by atoms with E-state index in [1.54, 1.807) is 29.1 Å². The lowest BCUT2D eigenvalue weighted by molar-refractivity contribution is 0.0825. The van der Waals surface area contributed by atoms with E-state index in [4.69, 9.17) is 4.42 Å². The van der Waals surface area contributed by atoms with Crippen molar-refractivity contribution < 1.29 is 14.0 Å². The average Bonchev–Trinajstić information content (AvgIpc) is 3.57. The normalized spacial score (nSPS) is 10.7. The highest BCUT2D eigenvalue weighted by Gasteiger charge is 2.20. The van der Waals surface area contributed by atoms with Crippen molar-refractivity contribution in [3.05, 3.63) is 125 Å². The summed E-state index contributed by atoms with van der Waals surface area (Å²) >= 11 is 0. The fourth-order valence-electron chi connectivity index (χ4n) is 3.51. The number of nitrogens with zero attached hydrogens (tertiary/aromatic N) is 4. The van der Waals surface area contributed by atoms with Crippen molar-refractivity contribution in [2.24, 2.45) is 0 Å². The van der Waals surface area contributed by atoms with Crippen molar-refractivity contribution in [1.82, 2.24) is 30.2 Å². The second-order valence-electron chi connectivity index (χ2n) is 7.71. The number of hydrogen-bond donors (Lipinski definition) is 2. The van der Waals surface area contributed by atoms with E-state index in [2.05, 4.69) is 20.9 Å². The first-order valence-corrected chi connectivity index (χ1v) is 11.0. The van der Waals surface area contributed by atoms with Crippen LogP contribution in [0.5, 0.6) is 0 Å². The van der Waals surface area contributed by atoms with E-state index < -0.39 is 11.8 Å². The van der Waals surface area contributed by atoms with Crippen LogP contribution in [-0.2, 0) is 6.54 Å². The molecule has 2 aromatic carbocycles. The van der Waals surface area contributed by atoms with Gasteiger partial charge >= 0.3 is 11.8 Å². The number of para-hydroxylation sites is 1. The van der Waals surface area contributed by atoms with Gasteiger partial charge in [0.2, 0.25) is 5.82 Å². The Labute approximate surface area is 204 Å². The summed E-state index contributed by atoms with van der Waals surface area (Å²) in [5.41, 5.74) is 5.94. The highest BCUT2D eigenvalue weighted by Crippen LogP contribution is 2.21. The van der Waals surface area contributed by atoms with E-state index in [0.29, 0.717) is 11.6 Å². The molecule has 0 aliphatic rings. The molecule has 0 atom stereocenters. The summed E-state index contributed by atoms with van der Waals surface area (Å²) in [6.07, 6.45) is 1.62. The average molecular weight is 480 g/mol. The molecule has 0 saturated heterocycles. The molecule has 0 unspecified atom stereocenters. The first-order chi connectivity index (χ1) is 17.6. The molecule has 2 amide bonds. The molecule has 2 N–H and O–H groups in total. The van der Waals surface area contributed by atoms with Crippen LogP contribution < -0.4 is 16.4 Å². The van der Waals surface area contributed by atoms with Crippen molar-refractivity contribution in [3.8, 4) is 17.1 Å². The topological polar surface area (TPSA) is 124 Å². The molecule has 10 heteroatoms. The highest BCUT2D eigenvalue weighted by molar-refractivity contribution is 5.96. The number of hydrogen-bond acceptors (Lipinski definition) is 6. The number of furan rings is 1. The predicted octanol–water partition coefficient (Wildman–Crippen LogP) is 2.81. The van der Waals surface area contributed by atoms with Crippen LogP contribution in [0, 0.1) is 0 Å². The third-order valence-electron chi connectivity index (χ3n) is 5.24. The Morgan fingerprint density at radius 1 is 0.806 bits per heavy atom. The minimum absolute atomic E-state index is 0.0259. The number of benzene rings is 2. The number of hydrazine groups is 1. The van der Waals surface area contributed by atoms with Gasteiger partial charge in [0.15, 0.2) is 11.6 Å². The van der Waals surface area contributed by atoms with E-state index >= 15 is 0 Å². The molecule has 10 nitrogen and oxygen atoms in total. The van der Waals surface area contributed by atoms with Gasteiger partial charge < -0.3 is 8.98 Å². The molecule has 3 aromatic heterocycles. The number of carbonyl (C=O) groups is 2. The number of amides is 2. The van der Waals surface area contributed by atoms with Crippen molar-refractivity contribution in [3.63, 3.8) is 0 Å². The molecule has 0 saturated carbocycles. The fourth-order valence-corrected chi connectivity index (χ4v) is 3.51. The molecule has 36 heavy (non-hydrogen) atoms. The zero-order valence-corrected chi connectivity index (χ0v) is 18.9. The van der Waals surface area contributed by atoms with E-state index in [1.807, 2.05) is 60.7 Å². The smallest absolute Gasteiger partial charge is 0.309 e. The Morgan fingerprint density at radius 3 is 2.25 bits per heavy atom. The lowest BCUT2D eigenvalue weighted by Gasteiger charge is -2.05. The minimum atomic E-state index is -0.696. The van der Waals surface area contributed by atoms with Crippen molar-refractivity contribution in [1.29, 1.82) is 0 Å². The summed E-state index contributed by atoms with van der Waals surface area (Å²) in [4.78, 5) is 41.5. The molecule has 0 radical (unpaired) electrons. The van der Waals surface area contributed by atoms with Crippen molar-refractivity contribution >= 4 is 11.8 Å². The largest absolute Gasteiger partial charge is 0.454 e. The summed E-state index contributed by atoms with van der Waals surface area (Å²) in [7, 11) is 0. The van der Waals surface area contributed by atoms with Crippen LogP contribution in [0.4, 0.5) is 0 Å². The third-order valence-corrected chi connectivity index (χ3v) is 5.24. The highest BCUT2D eigenvalue weighted by atomic mass is 16.4. The number of carbonyl (C=O) groups excluding carboxylic acids is 2. The summed E-state index contributed by atoms with van der Waals surface area (Å²) in [5.74, 6) is -0.622. The zero-order valence-electron chi connectivity index (χ0n) is 18.9. The lowest BCUT2D eigenvalue weighted by atomic mass is 10.2. The molecule has 0 aliphatic carbocycles. The predicted molar refractivity (Wildman–Crippen MR) is 130 cm³/mol. The quantitative estimate of drug-likeness (QED) is 0.360. The van der Waals surface area contributed by atoms with Crippen LogP contribution in [-0.4, -0.2) is 31.1 Å². The van der Waals surface area contributed by atoms with Crippen LogP contribution in [0.3, 0.4) is 0 Å².